The normalized spacial score (nSPS) is 9.30. The third kappa shape index (κ3) is 14.4. The van der Waals surface area contributed by atoms with Gasteiger partial charge in [-0.3, -0.25) is 0 Å². The molecule has 0 saturated carbocycles. The second-order valence-corrected chi connectivity index (χ2v) is 5.89. The number of hydrogen-bond donors (Lipinski definition) is 0. The zero-order valence-corrected chi connectivity index (χ0v) is 20.5. The van der Waals surface area contributed by atoms with Gasteiger partial charge in [-0.05, 0) is 14.5 Å². The van der Waals surface area contributed by atoms with E-state index >= 15 is 0 Å². The van der Waals surface area contributed by atoms with Crippen LogP contribution in [0.3, 0.4) is 0 Å². The van der Waals surface area contributed by atoms with Gasteiger partial charge in [0.15, 0.2) is 0 Å². The summed E-state index contributed by atoms with van der Waals surface area (Å²) in [6, 6.07) is 0.131. The molecule has 0 aliphatic rings. The van der Waals surface area contributed by atoms with E-state index in [1.807, 2.05) is 0 Å². The lowest BCUT2D eigenvalue weighted by Gasteiger charge is -2.10. The van der Waals surface area contributed by atoms with E-state index in [2.05, 4.69) is 95.0 Å². The van der Waals surface area contributed by atoms with Crippen molar-refractivity contribution < 1.29 is 28.4 Å². The van der Waals surface area contributed by atoms with Crippen molar-refractivity contribution in [3.63, 3.8) is 0 Å². The summed E-state index contributed by atoms with van der Waals surface area (Å²) in [5.74, 6) is 8.13. The first-order chi connectivity index (χ1) is 14.8. The van der Waals surface area contributed by atoms with Gasteiger partial charge in [-0.2, -0.15) is 0 Å². The van der Waals surface area contributed by atoms with Gasteiger partial charge in [-0.1, -0.05) is 17.8 Å². The second kappa shape index (κ2) is 19.4. The summed E-state index contributed by atoms with van der Waals surface area (Å²) in [5, 5.41) is 0. The van der Waals surface area contributed by atoms with Crippen LogP contribution in [-0.4, -0.2) is 74.4 Å². The number of ether oxygens (including phenoxy) is 6. The van der Waals surface area contributed by atoms with Gasteiger partial charge in [0.1, 0.15) is 39.6 Å². The van der Waals surface area contributed by atoms with Gasteiger partial charge in [-0.25, -0.2) is 0 Å². The zero-order chi connectivity index (χ0) is 21.7. The smallest absolute Gasteiger partial charge is 0.325 e. The van der Waals surface area contributed by atoms with Gasteiger partial charge in [0.25, 0.3) is 0 Å². The van der Waals surface area contributed by atoms with E-state index in [0.29, 0.717) is 19.8 Å². The Morgan fingerprint density at radius 3 is 1.07 bits per heavy atom. The van der Waals surface area contributed by atoms with Crippen molar-refractivity contribution >= 4 is 47.8 Å². The molecule has 1 rings (SSSR count). The molecule has 0 N–H and O–H groups in total. The van der Waals surface area contributed by atoms with Crippen molar-refractivity contribution in [2.75, 3.05) is 59.5 Å². The molecule has 0 aliphatic heterocycles. The largest absolute Gasteiger partial charge is 0.461 e. The van der Waals surface area contributed by atoms with E-state index in [-0.39, 0.29) is 57.7 Å². The Balaban J connectivity index is 2.55. The van der Waals surface area contributed by atoms with Crippen LogP contribution in [0.2, 0.25) is 0 Å². The number of hydrogen-bond acceptors (Lipinski definition) is 9. The Morgan fingerprint density at radius 2 is 0.800 bits per heavy atom. The van der Waals surface area contributed by atoms with Crippen molar-refractivity contribution in [2.24, 2.45) is 0 Å². The van der Waals surface area contributed by atoms with E-state index in [9.17, 15) is 0 Å². The van der Waals surface area contributed by atoms with Crippen LogP contribution in [0.25, 0.3) is 0 Å². The fourth-order valence-electron chi connectivity index (χ4n) is 1.54. The summed E-state index contributed by atoms with van der Waals surface area (Å²) < 4.78 is 32.2. The first-order valence-electron chi connectivity index (χ1n) is 8.43. The summed E-state index contributed by atoms with van der Waals surface area (Å²) in [6.45, 7) is 2.44. The number of halogens is 3. The van der Waals surface area contributed by atoms with Crippen LogP contribution in [0.5, 0.6) is 18.0 Å². The molecule has 1 heterocycles. The minimum atomic E-state index is 0.0438. The van der Waals surface area contributed by atoms with E-state index < -0.39 is 0 Å². The molecule has 0 spiro atoms. The van der Waals surface area contributed by atoms with Crippen molar-refractivity contribution in [2.45, 2.75) is 0 Å². The lowest BCUT2D eigenvalue weighted by molar-refractivity contribution is 0.106. The topological polar surface area (TPSA) is 94.1 Å². The summed E-state index contributed by atoms with van der Waals surface area (Å²) >= 11 is 8.95. The predicted molar refractivity (Wildman–Crippen MR) is 119 cm³/mol. The second-order valence-electron chi connectivity index (χ2n) is 4.70. The van der Waals surface area contributed by atoms with E-state index in [1.54, 1.807) is 0 Å². The highest BCUT2D eigenvalue weighted by Crippen LogP contribution is 2.14. The Morgan fingerprint density at radius 1 is 0.500 bits per heavy atom. The molecule has 1 aromatic rings. The van der Waals surface area contributed by atoms with Crippen molar-refractivity contribution in [3.8, 4) is 50.3 Å². The molecule has 0 bridgehead atoms. The maximum Gasteiger partial charge on any atom is 0.325 e. The first kappa shape index (κ1) is 26.4. The fraction of sp³-hybridized carbons (Fsp3) is 0.500. The summed E-state index contributed by atoms with van der Waals surface area (Å²) in [6.07, 6.45) is 0. The molecule has 0 saturated heterocycles. The Kier molecular flexibility index (Phi) is 17.1. The molecule has 0 unspecified atom stereocenters. The standard InChI is InChI=1S/C18H18Br3N3O6/c19-4-1-7-25-10-13-28-16-22-17(29-14-11-26-8-2-5-20)24-18(23-16)30-15-12-27-9-3-6-21/h7-15H2. The average molecular weight is 612 g/mol. The Bertz CT molecular complexity index is 679. The van der Waals surface area contributed by atoms with Crippen LogP contribution >= 0.6 is 47.8 Å². The quantitative estimate of drug-likeness (QED) is 0.218. The van der Waals surface area contributed by atoms with Crippen LogP contribution in [0, 0.1) is 32.3 Å². The minimum Gasteiger partial charge on any atom is -0.461 e. The third-order valence-corrected chi connectivity index (χ3v) is 3.51. The molecule has 162 valence electrons. The zero-order valence-electron chi connectivity index (χ0n) is 15.8. The third-order valence-electron chi connectivity index (χ3n) is 2.67. The number of nitrogens with zero attached hydrogens (tertiary/aromatic N) is 3. The molecule has 0 aromatic carbocycles. The predicted octanol–water partition coefficient (Wildman–Crippen LogP) is 2.13. The molecule has 12 heteroatoms. The summed E-state index contributed by atoms with van der Waals surface area (Å²) in [5.41, 5.74) is 0. The van der Waals surface area contributed by atoms with E-state index in [1.165, 1.54) is 0 Å². The van der Waals surface area contributed by atoms with Crippen molar-refractivity contribution in [3.05, 3.63) is 0 Å². The van der Waals surface area contributed by atoms with Crippen LogP contribution in [0.15, 0.2) is 0 Å². The van der Waals surface area contributed by atoms with Crippen molar-refractivity contribution in [1.29, 1.82) is 0 Å². The van der Waals surface area contributed by atoms with Gasteiger partial charge in [0.05, 0.1) is 19.8 Å². The average Bonchev–Trinajstić information content (AvgIpc) is 2.75. The Hall–Kier alpha value is -1.59. The molecule has 30 heavy (non-hydrogen) atoms. The van der Waals surface area contributed by atoms with Crippen LogP contribution in [-0.2, 0) is 14.2 Å². The summed E-state index contributed by atoms with van der Waals surface area (Å²) in [4.78, 5) is 19.9. The molecular formula is C18H18Br3N3O6. The molecule has 0 aliphatic carbocycles. The molecule has 9 nitrogen and oxygen atoms in total. The number of rotatable bonds is 15. The molecule has 0 amide bonds. The van der Waals surface area contributed by atoms with Gasteiger partial charge >= 0.3 is 18.0 Å². The molecular weight excluding hydrogens is 594 g/mol. The van der Waals surface area contributed by atoms with Gasteiger partial charge < -0.3 is 28.4 Å². The molecule has 0 atom stereocenters. The van der Waals surface area contributed by atoms with Gasteiger partial charge in [0.2, 0.25) is 0 Å². The molecule has 0 radical (unpaired) electrons. The monoisotopic (exact) mass is 609 g/mol. The number of aromatic nitrogens is 3. The van der Waals surface area contributed by atoms with Gasteiger partial charge in [0, 0.05) is 47.8 Å². The van der Waals surface area contributed by atoms with Gasteiger partial charge in [-0.15, -0.1) is 15.0 Å². The van der Waals surface area contributed by atoms with Crippen molar-refractivity contribution in [1.82, 2.24) is 15.0 Å². The lowest BCUT2D eigenvalue weighted by Crippen LogP contribution is -2.14. The first-order valence-corrected chi connectivity index (χ1v) is 10.8. The minimum absolute atomic E-state index is 0.0438. The summed E-state index contributed by atoms with van der Waals surface area (Å²) in [7, 11) is 0. The van der Waals surface area contributed by atoms with Crippen LogP contribution in [0.1, 0.15) is 0 Å². The lowest BCUT2D eigenvalue weighted by atomic mass is 10.7. The SMILES string of the molecule is BrC#CCOCCOc1nc(OCCOCC#CBr)nc(OCCOCC#CBr)n1. The molecule has 0 fully saturated rings. The maximum atomic E-state index is 5.47. The molecule has 1 aromatic heterocycles. The van der Waals surface area contributed by atoms with E-state index in [0.717, 1.165) is 0 Å². The maximum absolute atomic E-state index is 5.47. The highest BCUT2D eigenvalue weighted by Gasteiger charge is 2.10. The van der Waals surface area contributed by atoms with E-state index in [4.69, 9.17) is 28.4 Å². The van der Waals surface area contributed by atoms with Crippen LogP contribution < -0.4 is 14.2 Å². The highest BCUT2D eigenvalue weighted by molar-refractivity contribution is 9.12. The fourth-order valence-corrected chi connectivity index (χ4v) is 1.88. The Labute approximate surface area is 200 Å². The van der Waals surface area contributed by atoms with Crippen LogP contribution in [0.4, 0.5) is 0 Å². The highest BCUT2D eigenvalue weighted by atomic mass is 79.9.